The number of benzene rings is 1. The maximum absolute atomic E-state index is 16.0. The van der Waals surface area contributed by atoms with Crippen LogP contribution in [0.15, 0.2) is 64.5 Å². The molecule has 1 N–H and O–H groups in total. The lowest BCUT2D eigenvalue weighted by molar-refractivity contribution is -0.328. The summed E-state index contributed by atoms with van der Waals surface area (Å²) in [5, 5.41) is 3.13. The summed E-state index contributed by atoms with van der Waals surface area (Å²) in [6, 6.07) is 8.46. The molecule has 1 aromatic carbocycles. The van der Waals surface area contributed by atoms with Gasteiger partial charge in [-0.05, 0) is 75.6 Å². The van der Waals surface area contributed by atoms with Crippen molar-refractivity contribution in [2.75, 3.05) is 11.6 Å². The van der Waals surface area contributed by atoms with E-state index in [-0.39, 0.29) is 29.0 Å². The lowest BCUT2D eigenvalue weighted by atomic mass is 9.30. The Bertz CT molecular complexity index is 1680. The summed E-state index contributed by atoms with van der Waals surface area (Å²) in [5.74, 6) is -3.94. The molecule has 3 saturated carbocycles. The Labute approximate surface area is 237 Å². The quantitative estimate of drug-likeness (QED) is 0.374. The monoisotopic (exact) mass is 586 g/mol. The van der Waals surface area contributed by atoms with Gasteiger partial charge in [-0.15, -0.1) is 0 Å². The molecule has 11 heteroatoms. The van der Waals surface area contributed by atoms with E-state index in [1.807, 2.05) is 0 Å². The predicted molar refractivity (Wildman–Crippen MR) is 149 cm³/mol. The molecule has 2 aromatic heterocycles. The van der Waals surface area contributed by atoms with E-state index in [1.165, 1.54) is 67.5 Å². The third kappa shape index (κ3) is 4.45. The molecule has 0 spiro atoms. The number of aryl methyl sites for hydroxylation is 2. The molecule has 3 aliphatic carbocycles. The minimum atomic E-state index is -3.17. The van der Waals surface area contributed by atoms with Gasteiger partial charge in [-0.1, -0.05) is 6.07 Å². The van der Waals surface area contributed by atoms with Gasteiger partial charge in [0.1, 0.15) is 17.5 Å². The van der Waals surface area contributed by atoms with Crippen LogP contribution in [0.1, 0.15) is 54.0 Å². The van der Waals surface area contributed by atoms with E-state index in [1.54, 1.807) is 13.8 Å². The van der Waals surface area contributed by atoms with Crippen molar-refractivity contribution in [1.82, 2.24) is 14.5 Å². The van der Waals surface area contributed by atoms with Crippen LogP contribution < -0.4 is 10.9 Å². The molecule has 0 aliphatic heterocycles. The highest BCUT2D eigenvalue weighted by atomic mass is 32.2. The number of rotatable bonds is 6. The van der Waals surface area contributed by atoms with E-state index in [2.05, 4.69) is 15.3 Å². The van der Waals surface area contributed by atoms with Gasteiger partial charge >= 0.3 is 0 Å². The fourth-order valence-electron chi connectivity index (χ4n) is 6.13. The number of aromatic nitrogens is 3. The standard InChI is InChI=1S/C30H30F4N4O2S/c1-17-10-23(32)11-20(18(2)37-24-8-7-22(31)12-25(24)41(5)40)6-9-26(38(4)27(17)39)29-15-28(16-29,30(29,33)34)21-13-35-19(3)36-14-21/h6-14,18,37H,15-16H2,1-5H3/t18-,28?,29?,41?/m1/s1. The van der Waals surface area contributed by atoms with Crippen molar-refractivity contribution < 1.29 is 21.8 Å². The van der Waals surface area contributed by atoms with Crippen LogP contribution in [0.4, 0.5) is 23.2 Å². The first-order valence-corrected chi connectivity index (χ1v) is 14.6. The minimum Gasteiger partial charge on any atom is -0.378 e. The van der Waals surface area contributed by atoms with Gasteiger partial charge in [-0.3, -0.25) is 9.00 Å². The van der Waals surface area contributed by atoms with Crippen molar-refractivity contribution in [2.24, 2.45) is 7.05 Å². The molecule has 3 fully saturated rings. The second-order valence-corrected chi connectivity index (χ2v) is 12.4. The number of anilines is 1. The Morgan fingerprint density at radius 3 is 2.24 bits per heavy atom. The van der Waals surface area contributed by atoms with Gasteiger partial charge in [-0.2, -0.15) is 0 Å². The summed E-state index contributed by atoms with van der Waals surface area (Å²) in [5.41, 5.74) is -2.27. The molecule has 6 nitrogen and oxygen atoms in total. The van der Waals surface area contributed by atoms with Gasteiger partial charge in [0.05, 0.1) is 32.2 Å². The molecule has 2 bridgehead atoms. The summed E-state index contributed by atoms with van der Waals surface area (Å²) >= 11 is 0. The Kier molecular flexibility index (Phi) is 7.08. The van der Waals surface area contributed by atoms with Crippen molar-refractivity contribution in [3.63, 3.8) is 0 Å². The molecule has 2 heterocycles. The molecular formula is C30H30F4N4O2S. The number of halogens is 4. The normalized spacial score (nSPS) is 23.4. The van der Waals surface area contributed by atoms with Crippen LogP contribution in [0.25, 0.3) is 0 Å². The van der Waals surface area contributed by atoms with Crippen molar-refractivity contribution in [3.8, 4) is 0 Å². The van der Waals surface area contributed by atoms with Gasteiger partial charge in [0.25, 0.3) is 11.5 Å². The van der Waals surface area contributed by atoms with Crippen LogP contribution in [0, 0.1) is 25.5 Å². The molecule has 216 valence electrons. The first-order valence-electron chi connectivity index (χ1n) is 13.0. The molecule has 1 unspecified atom stereocenters. The van der Waals surface area contributed by atoms with Crippen LogP contribution in [0.3, 0.4) is 0 Å². The van der Waals surface area contributed by atoms with Gasteiger partial charge in [0.15, 0.2) is 0 Å². The summed E-state index contributed by atoms with van der Waals surface area (Å²) in [6.45, 7) is 4.83. The largest absolute Gasteiger partial charge is 0.378 e. The fourth-order valence-corrected chi connectivity index (χ4v) is 6.85. The summed E-state index contributed by atoms with van der Waals surface area (Å²) in [6.07, 6.45) is 4.51. The molecule has 3 aliphatic rings. The minimum absolute atomic E-state index is 0.0489. The molecule has 0 amide bonds. The second-order valence-electron chi connectivity index (χ2n) is 11.0. The maximum atomic E-state index is 16.0. The van der Waals surface area contributed by atoms with E-state index in [0.717, 1.165) is 12.1 Å². The van der Waals surface area contributed by atoms with Gasteiger partial charge in [0, 0.05) is 48.6 Å². The van der Waals surface area contributed by atoms with Gasteiger partial charge in [-0.25, -0.2) is 27.5 Å². The zero-order valence-electron chi connectivity index (χ0n) is 23.3. The first kappa shape index (κ1) is 28.9. The molecule has 6 rings (SSSR count). The van der Waals surface area contributed by atoms with Gasteiger partial charge < -0.3 is 9.88 Å². The van der Waals surface area contributed by atoms with E-state index in [0.29, 0.717) is 22.6 Å². The van der Waals surface area contributed by atoms with Gasteiger partial charge in [0.2, 0.25) is 0 Å². The van der Waals surface area contributed by atoms with Crippen molar-refractivity contribution in [3.05, 3.63) is 105 Å². The zero-order valence-corrected chi connectivity index (χ0v) is 24.1. The smallest absolute Gasteiger partial charge is 0.268 e. The van der Waals surface area contributed by atoms with E-state index in [4.69, 9.17) is 0 Å². The zero-order chi connectivity index (χ0) is 29.9. The van der Waals surface area contributed by atoms with Crippen molar-refractivity contribution >= 4 is 16.5 Å². The van der Waals surface area contributed by atoms with E-state index >= 15 is 8.78 Å². The maximum Gasteiger partial charge on any atom is 0.268 e. The van der Waals surface area contributed by atoms with Crippen LogP contribution in [0.5, 0.6) is 0 Å². The number of nitrogens with one attached hydrogen (secondary N) is 1. The third-order valence-corrected chi connectivity index (χ3v) is 9.41. The molecule has 2 atom stereocenters. The predicted octanol–water partition coefficient (Wildman–Crippen LogP) is 5.72. The highest BCUT2D eigenvalue weighted by molar-refractivity contribution is 7.84. The Balaban J connectivity index is 1.61. The van der Waals surface area contributed by atoms with E-state index < -0.39 is 50.8 Å². The molecular weight excluding hydrogens is 556 g/mol. The van der Waals surface area contributed by atoms with Crippen molar-refractivity contribution in [2.45, 2.75) is 61.3 Å². The average Bonchev–Trinajstić information content (AvgIpc) is 2.89. The lowest BCUT2D eigenvalue weighted by Gasteiger charge is -2.75. The summed E-state index contributed by atoms with van der Waals surface area (Å²) in [7, 11) is -0.0891. The molecule has 0 saturated heterocycles. The van der Waals surface area contributed by atoms with Crippen molar-refractivity contribution in [1.29, 1.82) is 0 Å². The summed E-state index contributed by atoms with van der Waals surface area (Å²) < 4.78 is 74.2. The Morgan fingerprint density at radius 1 is 0.976 bits per heavy atom. The number of alkyl halides is 2. The second kappa shape index (κ2) is 10.0. The highest BCUT2D eigenvalue weighted by Crippen LogP contribution is 2.81. The average molecular weight is 587 g/mol. The lowest BCUT2D eigenvalue weighted by Crippen LogP contribution is -2.84. The van der Waals surface area contributed by atoms with Crippen LogP contribution in [-0.4, -0.2) is 30.9 Å². The topological polar surface area (TPSA) is 76.9 Å². The number of hydrogen-bond donors (Lipinski definition) is 1. The third-order valence-electron chi connectivity index (χ3n) is 8.45. The fraction of sp³-hybridized carbons (Fsp3) is 0.367. The van der Waals surface area contributed by atoms with Crippen LogP contribution >= 0.6 is 0 Å². The van der Waals surface area contributed by atoms with E-state index in [9.17, 15) is 17.8 Å². The number of nitrogens with zero attached hydrogens (tertiary/aromatic N) is 3. The molecule has 0 radical (unpaired) electrons. The SMILES string of the molecule is Cc1ncc(C23CC(c4ccc([C@@H](C)Nc5ccc(F)cc5S(C)=O)cc(F)cc(C)c(=O)n4C)(C2)C3(F)F)cn1. The first-order chi connectivity index (χ1) is 19.2. The number of hydrogen-bond acceptors (Lipinski definition) is 5. The van der Waals surface area contributed by atoms with Crippen LogP contribution in [-0.2, 0) is 28.7 Å². The summed E-state index contributed by atoms with van der Waals surface area (Å²) in [4.78, 5) is 21.6. The molecule has 3 aromatic rings. The van der Waals surface area contributed by atoms with Crippen LogP contribution in [0.2, 0.25) is 0 Å². The Hall–Kier alpha value is -3.60. The highest BCUT2D eigenvalue weighted by Gasteiger charge is 2.89. The molecule has 41 heavy (non-hydrogen) atoms. The Morgan fingerprint density at radius 2 is 1.63 bits per heavy atom.